The van der Waals surface area contributed by atoms with Crippen LogP contribution >= 0.6 is 0 Å². The normalized spacial score (nSPS) is 10.6. The van der Waals surface area contributed by atoms with Crippen molar-refractivity contribution < 1.29 is 14.3 Å². The van der Waals surface area contributed by atoms with Crippen LogP contribution in [0.15, 0.2) is 24.4 Å². The van der Waals surface area contributed by atoms with Gasteiger partial charge in [0.05, 0.1) is 13.7 Å². The second kappa shape index (κ2) is 6.27. The van der Waals surface area contributed by atoms with E-state index in [-0.39, 0.29) is 5.97 Å². The lowest BCUT2D eigenvalue weighted by atomic mass is 10.1. The first kappa shape index (κ1) is 13.5. The first-order valence-corrected chi connectivity index (χ1v) is 6.54. The van der Waals surface area contributed by atoms with Crippen LogP contribution in [0, 0.1) is 0 Å². The van der Waals surface area contributed by atoms with Gasteiger partial charge in [-0.15, -0.1) is 0 Å². The maximum absolute atomic E-state index is 11.3. The zero-order chi connectivity index (χ0) is 13.7. The molecule has 1 heterocycles. The summed E-state index contributed by atoms with van der Waals surface area (Å²) in [4.78, 5) is 14.5. The minimum absolute atomic E-state index is 0.125. The maximum Gasteiger partial charge on any atom is 0.305 e. The van der Waals surface area contributed by atoms with Crippen LogP contribution in [0.2, 0.25) is 0 Å². The van der Waals surface area contributed by atoms with Gasteiger partial charge in [0, 0.05) is 29.9 Å². The van der Waals surface area contributed by atoms with Gasteiger partial charge in [0.1, 0.15) is 5.75 Å². The number of benzene rings is 1. The first-order chi connectivity index (χ1) is 9.24. The minimum atomic E-state index is -0.125. The van der Waals surface area contributed by atoms with Crippen LogP contribution in [-0.4, -0.2) is 24.7 Å². The van der Waals surface area contributed by atoms with Crippen molar-refractivity contribution in [2.45, 2.75) is 26.2 Å². The average molecular weight is 261 g/mol. The first-order valence-electron chi connectivity index (χ1n) is 6.54. The molecular weight excluding hydrogens is 242 g/mol. The molecule has 0 aliphatic carbocycles. The summed E-state index contributed by atoms with van der Waals surface area (Å²) < 4.78 is 10.4. The van der Waals surface area contributed by atoms with E-state index in [0.29, 0.717) is 19.4 Å². The van der Waals surface area contributed by atoms with Crippen LogP contribution in [0.1, 0.15) is 25.3 Å². The van der Waals surface area contributed by atoms with Gasteiger partial charge in [0.15, 0.2) is 0 Å². The molecule has 1 N–H and O–H groups in total. The molecule has 0 amide bonds. The molecule has 0 spiro atoms. The lowest BCUT2D eigenvalue weighted by Crippen LogP contribution is -2.06. The maximum atomic E-state index is 11.3. The Kier molecular flexibility index (Phi) is 4.44. The Bertz CT molecular complexity index is 560. The molecule has 0 unspecified atom stereocenters. The van der Waals surface area contributed by atoms with Gasteiger partial charge in [-0.3, -0.25) is 4.79 Å². The van der Waals surface area contributed by atoms with Crippen LogP contribution < -0.4 is 4.74 Å². The molecule has 4 nitrogen and oxygen atoms in total. The standard InChI is InChI=1S/C15H19NO3/c1-3-4-15(17)19-8-7-11-10-16-14-6-5-12(18-2)9-13(11)14/h5-6,9-10,16H,3-4,7-8H2,1-2H3. The Balaban J connectivity index is 2.02. The van der Waals surface area contributed by atoms with Crippen molar-refractivity contribution in [1.82, 2.24) is 4.98 Å². The number of aromatic amines is 1. The van der Waals surface area contributed by atoms with Gasteiger partial charge in [-0.2, -0.15) is 0 Å². The quantitative estimate of drug-likeness (QED) is 0.813. The molecule has 0 aliphatic rings. The van der Waals surface area contributed by atoms with E-state index in [2.05, 4.69) is 4.98 Å². The minimum Gasteiger partial charge on any atom is -0.497 e. The SMILES string of the molecule is CCCC(=O)OCCc1c[nH]c2ccc(OC)cc12. The van der Waals surface area contributed by atoms with E-state index in [1.54, 1.807) is 7.11 Å². The molecule has 0 atom stereocenters. The molecular formula is C15H19NO3. The Labute approximate surface area is 112 Å². The predicted molar refractivity (Wildman–Crippen MR) is 74.4 cm³/mol. The lowest BCUT2D eigenvalue weighted by Gasteiger charge is -2.04. The Morgan fingerprint density at radius 1 is 1.37 bits per heavy atom. The van der Waals surface area contributed by atoms with Gasteiger partial charge in [-0.25, -0.2) is 0 Å². The van der Waals surface area contributed by atoms with E-state index in [1.807, 2.05) is 31.3 Å². The topological polar surface area (TPSA) is 51.3 Å². The molecule has 0 saturated heterocycles. The van der Waals surface area contributed by atoms with Crippen molar-refractivity contribution in [2.75, 3.05) is 13.7 Å². The van der Waals surface area contributed by atoms with Crippen molar-refractivity contribution in [3.8, 4) is 5.75 Å². The molecule has 1 aromatic carbocycles. The van der Waals surface area contributed by atoms with Crippen molar-refractivity contribution in [3.63, 3.8) is 0 Å². The summed E-state index contributed by atoms with van der Waals surface area (Å²) in [5.74, 6) is 0.705. The molecule has 1 aromatic heterocycles. The second-order valence-corrected chi connectivity index (χ2v) is 4.45. The number of ether oxygens (including phenoxy) is 2. The van der Waals surface area contributed by atoms with Crippen LogP contribution in [0.25, 0.3) is 10.9 Å². The number of fused-ring (bicyclic) bond motifs is 1. The zero-order valence-electron chi connectivity index (χ0n) is 11.4. The number of rotatable bonds is 6. The Morgan fingerprint density at radius 3 is 2.95 bits per heavy atom. The van der Waals surface area contributed by atoms with Crippen molar-refractivity contribution in [1.29, 1.82) is 0 Å². The fraction of sp³-hybridized carbons (Fsp3) is 0.400. The summed E-state index contributed by atoms with van der Waals surface area (Å²) >= 11 is 0. The Hall–Kier alpha value is -1.97. The summed E-state index contributed by atoms with van der Waals surface area (Å²) in [5, 5.41) is 1.12. The van der Waals surface area contributed by atoms with E-state index in [0.717, 1.165) is 28.6 Å². The molecule has 2 rings (SSSR count). The van der Waals surface area contributed by atoms with Crippen LogP contribution in [0.5, 0.6) is 5.75 Å². The molecule has 4 heteroatoms. The number of methoxy groups -OCH3 is 1. The van der Waals surface area contributed by atoms with Gasteiger partial charge >= 0.3 is 5.97 Å². The van der Waals surface area contributed by atoms with Gasteiger partial charge in [0.2, 0.25) is 0 Å². The number of esters is 1. The molecule has 0 bridgehead atoms. The molecule has 0 fully saturated rings. The summed E-state index contributed by atoms with van der Waals surface area (Å²) in [5.41, 5.74) is 2.20. The van der Waals surface area contributed by atoms with Gasteiger partial charge in [-0.05, 0) is 30.2 Å². The highest BCUT2D eigenvalue weighted by molar-refractivity contribution is 5.84. The number of carbonyl (C=O) groups excluding carboxylic acids is 1. The highest BCUT2D eigenvalue weighted by Gasteiger charge is 2.06. The number of hydrogen-bond donors (Lipinski definition) is 1. The number of aromatic nitrogens is 1. The van der Waals surface area contributed by atoms with Crippen LogP contribution in [-0.2, 0) is 16.0 Å². The van der Waals surface area contributed by atoms with E-state index < -0.39 is 0 Å². The summed E-state index contributed by atoms with van der Waals surface area (Å²) in [6, 6.07) is 5.90. The number of nitrogens with one attached hydrogen (secondary N) is 1. The summed E-state index contributed by atoms with van der Waals surface area (Å²) in [6.07, 6.45) is 3.98. The summed E-state index contributed by atoms with van der Waals surface area (Å²) in [6.45, 7) is 2.39. The monoisotopic (exact) mass is 261 g/mol. The van der Waals surface area contributed by atoms with Crippen molar-refractivity contribution in [2.24, 2.45) is 0 Å². The molecule has 2 aromatic rings. The molecule has 0 saturated carbocycles. The number of H-pyrrole nitrogens is 1. The zero-order valence-corrected chi connectivity index (χ0v) is 11.4. The molecule has 19 heavy (non-hydrogen) atoms. The highest BCUT2D eigenvalue weighted by atomic mass is 16.5. The third kappa shape index (κ3) is 3.28. The van der Waals surface area contributed by atoms with E-state index >= 15 is 0 Å². The molecule has 0 aliphatic heterocycles. The van der Waals surface area contributed by atoms with Crippen molar-refractivity contribution >= 4 is 16.9 Å². The van der Waals surface area contributed by atoms with Crippen LogP contribution in [0.4, 0.5) is 0 Å². The van der Waals surface area contributed by atoms with E-state index in [9.17, 15) is 4.79 Å². The molecule has 102 valence electrons. The lowest BCUT2D eigenvalue weighted by molar-refractivity contribution is -0.143. The summed E-state index contributed by atoms with van der Waals surface area (Å²) in [7, 11) is 1.65. The third-order valence-electron chi connectivity index (χ3n) is 3.06. The average Bonchev–Trinajstić information content (AvgIpc) is 2.81. The van der Waals surface area contributed by atoms with Crippen molar-refractivity contribution in [3.05, 3.63) is 30.0 Å². The second-order valence-electron chi connectivity index (χ2n) is 4.45. The Morgan fingerprint density at radius 2 is 2.21 bits per heavy atom. The van der Waals surface area contributed by atoms with Gasteiger partial charge in [0.25, 0.3) is 0 Å². The molecule has 0 radical (unpaired) electrons. The fourth-order valence-corrected chi connectivity index (χ4v) is 2.04. The van der Waals surface area contributed by atoms with Gasteiger partial charge < -0.3 is 14.5 Å². The predicted octanol–water partition coefficient (Wildman–Crippen LogP) is 3.06. The third-order valence-corrected chi connectivity index (χ3v) is 3.06. The van der Waals surface area contributed by atoms with E-state index in [4.69, 9.17) is 9.47 Å². The smallest absolute Gasteiger partial charge is 0.305 e. The van der Waals surface area contributed by atoms with E-state index in [1.165, 1.54) is 0 Å². The fourth-order valence-electron chi connectivity index (χ4n) is 2.04. The number of carbonyl (C=O) groups is 1. The highest BCUT2D eigenvalue weighted by Crippen LogP contribution is 2.23. The van der Waals surface area contributed by atoms with Gasteiger partial charge in [-0.1, -0.05) is 6.92 Å². The number of hydrogen-bond acceptors (Lipinski definition) is 3. The largest absolute Gasteiger partial charge is 0.497 e. The van der Waals surface area contributed by atoms with Crippen LogP contribution in [0.3, 0.4) is 0 Å².